The fourth-order valence-corrected chi connectivity index (χ4v) is 1.52. The van der Waals surface area contributed by atoms with E-state index in [9.17, 15) is 9.90 Å². The van der Waals surface area contributed by atoms with Crippen molar-refractivity contribution in [3.8, 4) is 5.75 Å². The summed E-state index contributed by atoms with van der Waals surface area (Å²) < 4.78 is 5.05. The second-order valence-corrected chi connectivity index (χ2v) is 3.76. The van der Waals surface area contributed by atoms with Gasteiger partial charge in [0.15, 0.2) is 5.78 Å². The molecular weight excluding hydrogens is 240 g/mol. The number of phenolic OH excluding ortho intramolecular Hbond substituents is 1. The van der Waals surface area contributed by atoms with E-state index in [1.807, 2.05) is 0 Å². The van der Waals surface area contributed by atoms with Gasteiger partial charge in [0.05, 0.1) is 16.8 Å². The zero-order chi connectivity index (χ0) is 12.3. The van der Waals surface area contributed by atoms with Gasteiger partial charge in [-0.3, -0.25) is 4.79 Å². The van der Waals surface area contributed by atoms with Crippen molar-refractivity contribution in [2.24, 2.45) is 0 Å². The molecule has 17 heavy (non-hydrogen) atoms. The molecule has 3 nitrogen and oxygen atoms in total. The first-order valence-electron chi connectivity index (χ1n) is 4.92. The Morgan fingerprint density at radius 1 is 1.29 bits per heavy atom. The van der Waals surface area contributed by atoms with Gasteiger partial charge in [-0.2, -0.15) is 0 Å². The number of hydrogen-bond donors (Lipinski definition) is 1. The third-order valence-corrected chi connectivity index (χ3v) is 2.50. The van der Waals surface area contributed by atoms with Crippen molar-refractivity contribution in [3.63, 3.8) is 0 Å². The highest BCUT2D eigenvalue weighted by molar-refractivity contribution is 6.32. The zero-order valence-electron chi connectivity index (χ0n) is 8.76. The second-order valence-electron chi connectivity index (χ2n) is 3.35. The SMILES string of the molecule is O=C(C=Cc1ccco1)c1cccc(Cl)c1O. The molecule has 0 aliphatic carbocycles. The lowest BCUT2D eigenvalue weighted by Gasteiger charge is -2.01. The van der Waals surface area contributed by atoms with Gasteiger partial charge in [0, 0.05) is 0 Å². The number of phenols is 1. The van der Waals surface area contributed by atoms with Crippen LogP contribution < -0.4 is 0 Å². The molecule has 1 aromatic carbocycles. The van der Waals surface area contributed by atoms with Crippen molar-refractivity contribution < 1.29 is 14.3 Å². The summed E-state index contributed by atoms with van der Waals surface area (Å²) in [6.07, 6.45) is 4.37. The molecule has 86 valence electrons. The van der Waals surface area contributed by atoms with Gasteiger partial charge in [-0.25, -0.2) is 0 Å². The Balaban J connectivity index is 2.23. The largest absolute Gasteiger partial charge is 0.506 e. The number of aromatic hydroxyl groups is 1. The maximum atomic E-state index is 11.8. The molecule has 0 fully saturated rings. The normalized spacial score (nSPS) is 10.9. The van der Waals surface area contributed by atoms with Crippen LogP contribution in [-0.2, 0) is 0 Å². The van der Waals surface area contributed by atoms with E-state index < -0.39 is 0 Å². The first kappa shape index (κ1) is 11.5. The van der Waals surface area contributed by atoms with E-state index in [0.717, 1.165) is 0 Å². The number of halogens is 1. The first-order chi connectivity index (χ1) is 8.18. The Morgan fingerprint density at radius 3 is 2.82 bits per heavy atom. The number of carbonyl (C=O) groups excluding carboxylic acids is 1. The van der Waals surface area contributed by atoms with Gasteiger partial charge in [-0.1, -0.05) is 17.7 Å². The van der Waals surface area contributed by atoms with Crippen LogP contribution in [0, 0.1) is 0 Å². The van der Waals surface area contributed by atoms with E-state index in [2.05, 4.69) is 0 Å². The molecule has 2 aromatic rings. The van der Waals surface area contributed by atoms with Crippen LogP contribution in [0.3, 0.4) is 0 Å². The molecule has 0 atom stereocenters. The molecule has 0 saturated carbocycles. The number of ketones is 1. The highest BCUT2D eigenvalue weighted by atomic mass is 35.5. The van der Waals surface area contributed by atoms with Crippen LogP contribution in [0.1, 0.15) is 16.1 Å². The van der Waals surface area contributed by atoms with E-state index in [0.29, 0.717) is 5.76 Å². The summed E-state index contributed by atoms with van der Waals surface area (Å²) in [5.74, 6) is 0.0320. The van der Waals surface area contributed by atoms with Crippen LogP contribution >= 0.6 is 11.6 Å². The van der Waals surface area contributed by atoms with Crippen molar-refractivity contribution in [2.45, 2.75) is 0 Å². The smallest absolute Gasteiger partial charge is 0.189 e. The molecule has 0 saturated heterocycles. The number of hydrogen-bond acceptors (Lipinski definition) is 3. The Kier molecular flexibility index (Phi) is 3.30. The highest BCUT2D eigenvalue weighted by Crippen LogP contribution is 2.27. The van der Waals surface area contributed by atoms with Crippen LogP contribution in [0.5, 0.6) is 5.75 Å². The van der Waals surface area contributed by atoms with Crippen LogP contribution in [0.2, 0.25) is 5.02 Å². The van der Waals surface area contributed by atoms with Gasteiger partial charge < -0.3 is 9.52 Å². The van der Waals surface area contributed by atoms with Crippen LogP contribution in [0.15, 0.2) is 47.1 Å². The van der Waals surface area contributed by atoms with Crippen LogP contribution in [0.4, 0.5) is 0 Å². The summed E-state index contributed by atoms with van der Waals surface area (Å²) in [6, 6.07) is 8.08. The number of rotatable bonds is 3. The second kappa shape index (κ2) is 4.89. The number of carbonyl (C=O) groups is 1. The lowest BCUT2D eigenvalue weighted by Crippen LogP contribution is -1.94. The standard InChI is InChI=1S/C13H9ClO3/c14-11-5-1-4-10(13(11)16)12(15)7-6-9-3-2-8-17-9/h1-8,16H. The predicted molar refractivity (Wildman–Crippen MR) is 65.2 cm³/mol. The summed E-state index contributed by atoms with van der Waals surface area (Å²) in [5, 5.41) is 9.77. The summed E-state index contributed by atoms with van der Waals surface area (Å²) in [5.41, 5.74) is 0.167. The Hall–Kier alpha value is -2.00. The van der Waals surface area contributed by atoms with E-state index in [1.54, 1.807) is 18.2 Å². The van der Waals surface area contributed by atoms with Gasteiger partial charge >= 0.3 is 0 Å². The van der Waals surface area contributed by atoms with E-state index >= 15 is 0 Å². The molecule has 0 unspecified atom stereocenters. The summed E-state index contributed by atoms with van der Waals surface area (Å²) in [7, 11) is 0. The number of allylic oxidation sites excluding steroid dienone is 1. The first-order valence-corrected chi connectivity index (χ1v) is 5.29. The van der Waals surface area contributed by atoms with Crippen LogP contribution in [-0.4, -0.2) is 10.9 Å². The van der Waals surface area contributed by atoms with E-state index in [1.165, 1.54) is 30.5 Å². The fourth-order valence-electron chi connectivity index (χ4n) is 1.35. The molecule has 0 aliphatic rings. The summed E-state index contributed by atoms with van der Waals surface area (Å²) >= 11 is 5.71. The molecule has 1 heterocycles. The summed E-state index contributed by atoms with van der Waals surface area (Å²) in [6.45, 7) is 0. The minimum atomic E-state index is -0.332. The molecule has 0 amide bonds. The van der Waals surface area contributed by atoms with Gasteiger partial charge in [0.25, 0.3) is 0 Å². The third kappa shape index (κ3) is 2.57. The van der Waals surface area contributed by atoms with Gasteiger partial charge in [0.1, 0.15) is 11.5 Å². The molecule has 0 spiro atoms. The topological polar surface area (TPSA) is 50.4 Å². The van der Waals surface area contributed by atoms with Gasteiger partial charge in [-0.05, 0) is 36.4 Å². The van der Waals surface area contributed by atoms with Crippen molar-refractivity contribution >= 4 is 23.5 Å². The quantitative estimate of drug-likeness (QED) is 0.668. The maximum Gasteiger partial charge on any atom is 0.189 e. The van der Waals surface area contributed by atoms with Crippen molar-refractivity contribution in [1.82, 2.24) is 0 Å². The Morgan fingerprint density at radius 2 is 2.12 bits per heavy atom. The molecule has 1 aromatic heterocycles. The number of para-hydroxylation sites is 1. The molecule has 0 aliphatic heterocycles. The molecular formula is C13H9ClO3. The van der Waals surface area contributed by atoms with Crippen molar-refractivity contribution in [2.75, 3.05) is 0 Å². The highest BCUT2D eigenvalue weighted by Gasteiger charge is 2.10. The minimum Gasteiger partial charge on any atom is -0.506 e. The minimum absolute atomic E-state index is 0.155. The van der Waals surface area contributed by atoms with Crippen molar-refractivity contribution in [3.05, 3.63) is 59.0 Å². The monoisotopic (exact) mass is 248 g/mol. The lowest BCUT2D eigenvalue weighted by atomic mass is 10.1. The molecule has 1 N–H and O–H groups in total. The molecule has 0 radical (unpaired) electrons. The maximum absolute atomic E-state index is 11.8. The number of furan rings is 1. The van der Waals surface area contributed by atoms with Gasteiger partial charge in [-0.15, -0.1) is 0 Å². The van der Waals surface area contributed by atoms with Gasteiger partial charge in [0.2, 0.25) is 0 Å². The number of benzene rings is 1. The zero-order valence-corrected chi connectivity index (χ0v) is 9.52. The summed E-state index contributed by atoms with van der Waals surface area (Å²) in [4.78, 5) is 11.8. The molecule has 0 bridgehead atoms. The third-order valence-electron chi connectivity index (χ3n) is 2.19. The average Bonchev–Trinajstić information content (AvgIpc) is 2.82. The molecule has 2 rings (SSSR count). The Bertz CT molecular complexity index is 556. The molecule has 4 heteroatoms. The van der Waals surface area contributed by atoms with Crippen molar-refractivity contribution in [1.29, 1.82) is 0 Å². The van der Waals surface area contributed by atoms with Crippen LogP contribution in [0.25, 0.3) is 6.08 Å². The lowest BCUT2D eigenvalue weighted by molar-refractivity contribution is 0.104. The average molecular weight is 249 g/mol. The fraction of sp³-hybridized carbons (Fsp3) is 0. The Labute approximate surface area is 103 Å². The van der Waals surface area contributed by atoms with E-state index in [4.69, 9.17) is 16.0 Å². The predicted octanol–water partition coefficient (Wildman–Crippen LogP) is 3.53. The van der Waals surface area contributed by atoms with E-state index in [-0.39, 0.29) is 22.1 Å².